The van der Waals surface area contributed by atoms with E-state index in [2.05, 4.69) is 66.5 Å². The van der Waals surface area contributed by atoms with Crippen molar-refractivity contribution in [3.05, 3.63) is 71.3 Å². The molecule has 24 heavy (non-hydrogen) atoms. The molecule has 0 aromatic heterocycles. The molecular weight excluding hydrogens is 297 g/mol. The summed E-state index contributed by atoms with van der Waals surface area (Å²) in [6.07, 6.45) is 4.50. The third-order valence-electron chi connectivity index (χ3n) is 5.23. The second kappa shape index (κ2) is 8.43. The van der Waals surface area contributed by atoms with Crippen molar-refractivity contribution in [2.24, 2.45) is 0 Å². The SMILES string of the molecule is CN(CCCc1ccc(C2CCC2F)cc1)CCc1ccccc1. The van der Waals surface area contributed by atoms with E-state index in [1.54, 1.807) is 0 Å². The van der Waals surface area contributed by atoms with Crippen LogP contribution in [0.4, 0.5) is 4.39 Å². The highest BCUT2D eigenvalue weighted by Crippen LogP contribution is 2.39. The zero-order valence-corrected chi connectivity index (χ0v) is 14.6. The summed E-state index contributed by atoms with van der Waals surface area (Å²) in [5.41, 5.74) is 3.95. The summed E-state index contributed by atoms with van der Waals surface area (Å²) in [6.45, 7) is 2.21. The molecule has 1 fully saturated rings. The molecule has 128 valence electrons. The van der Waals surface area contributed by atoms with Crippen molar-refractivity contribution in [1.29, 1.82) is 0 Å². The van der Waals surface area contributed by atoms with Crippen molar-refractivity contribution in [2.75, 3.05) is 20.1 Å². The quantitative estimate of drug-likeness (QED) is 0.659. The highest BCUT2D eigenvalue weighted by molar-refractivity contribution is 5.28. The Morgan fingerprint density at radius 1 is 0.875 bits per heavy atom. The lowest BCUT2D eigenvalue weighted by molar-refractivity contribution is 0.170. The Balaban J connectivity index is 1.36. The molecule has 0 bridgehead atoms. The van der Waals surface area contributed by atoms with Crippen molar-refractivity contribution in [3.63, 3.8) is 0 Å². The minimum Gasteiger partial charge on any atom is -0.306 e. The average Bonchev–Trinajstić information content (AvgIpc) is 2.61. The van der Waals surface area contributed by atoms with Crippen LogP contribution in [0.15, 0.2) is 54.6 Å². The van der Waals surface area contributed by atoms with Gasteiger partial charge in [0, 0.05) is 12.5 Å². The van der Waals surface area contributed by atoms with Gasteiger partial charge in [0.15, 0.2) is 0 Å². The lowest BCUT2D eigenvalue weighted by Crippen LogP contribution is -2.24. The van der Waals surface area contributed by atoms with Gasteiger partial charge in [-0.05, 0) is 62.4 Å². The normalized spacial score (nSPS) is 20.1. The largest absolute Gasteiger partial charge is 0.306 e. The monoisotopic (exact) mass is 325 g/mol. The molecule has 2 aromatic carbocycles. The molecule has 1 aliphatic carbocycles. The van der Waals surface area contributed by atoms with Gasteiger partial charge in [-0.3, -0.25) is 0 Å². The topological polar surface area (TPSA) is 3.24 Å². The van der Waals surface area contributed by atoms with Gasteiger partial charge in [-0.15, -0.1) is 0 Å². The first-order chi connectivity index (χ1) is 11.7. The van der Waals surface area contributed by atoms with Crippen LogP contribution in [0.5, 0.6) is 0 Å². The Bertz CT molecular complexity index is 608. The first kappa shape index (κ1) is 17.2. The van der Waals surface area contributed by atoms with Gasteiger partial charge in [0.2, 0.25) is 0 Å². The van der Waals surface area contributed by atoms with Crippen LogP contribution in [-0.4, -0.2) is 31.2 Å². The maximum atomic E-state index is 13.4. The second-order valence-electron chi connectivity index (χ2n) is 7.08. The Labute approximate surface area is 145 Å². The van der Waals surface area contributed by atoms with Gasteiger partial charge in [0.05, 0.1) is 0 Å². The van der Waals surface area contributed by atoms with Gasteiger partial charge in [-0.2, -0.15) is 0 Å². The molecule has 1 nitrogen and oxygen atoms in total. The summed E-state index contributed by atoms with van der Waals surface area (Å²) in [5.74, 6) is 0.156. The number of likely N-dealkylation sites (N-methyl/N-ethyl adjacent to an activating group) is 1. The predicted molar refractivity (Wildman–Crippen MR) is 99.3 cm³/mol. The molecule has 0 spiro atoms. The number of rotatable bonds is 8. The van der Waals surface area contributed by atoms with E-state index >= 15 is 0 Å². The zero-order chi connectivity index (χ0) is 16.8. The minimum atomic E-state index is -0.617. The van der Waals surface area contributed by atoms with Crippen molar-refractivity contribution < 1.29 is 4.39 Å². The number of benzene rings is 2. The highest BCUT2D eigenvalue weighted by Gasteiger charge is 2.31. The van der Waals surface area contributed by atoms with E-state index in [-0.39, 0.29) is 5.92 Å². The van der Waals surface area contributed by atoms with Gasteiger partial charge in [-0.25, -0.2) is 4.39 Å². The van der Waals surface area contributed by atoms with E-state index < -0.39 is 6.17 Å². The molecule has 0 amide bonds. The highest BCUT2D eigenvalue weighted by atomic mass is 19.1. The fourth-order valence-corrected chi connectivity index (χ4v) is 3.40. The standard InChI is InChI=1S/C22H28FN/c1-24(17-15-18-6-3-2-4-7-18)16-5-8-19-9-11-20(12-10-19)21-13-14-22(21)23/h2-4,6-7,9-12,21-22H,5,8,13-17H2,1H3. The summed E-state index contributed by atoms with van der Waals surface area (Å²) >= 11 is 0. The number of hydrogen-bond acceptors (Lipinski definition) is 1. The van der Waals surface area contributed by atoms with Crippen LogP contribution >= 0.6 is 0 Å². The number of hydrogen-bond donors (Lipinski definition) is 0. The maximum Gasteiger partial charge on any atom is 0.107 e. The van der Waals surface area contributed by atoms with Gasteiger partial charge >= 0.3 is 0 Å². The van der Waals surface area contributed by atoms with E-state index in [0.717, 1.165) is 38.8 Å². The molecule has 0 saturated heterocycles. The fraction of sp³-hybridized carbons (Fsp3) is 0.455. The zero-order valence-electron chi connectivity index (χ0n) is 14.6. The predicted octanol–water partition coefficient (Wildman–Crippen LogP) is 5.01. The summed E-state index contributed by atoms with van der Waals surface area (Å²) < 4.78 is 13.4. The summed E-state index contributed by atoms with van der Waals surface area (Å²) in [6, 6.07) is 19.3. The van der Waals surface area contributed by atoms with Gasteiger partial charge in [0.1, 0.15) is 6.17 Å². The summed E-state index contributed by atoms with van der Waals surface area (Å²) in [7, 11) is 2.20. The number of nitrogens with zero attached hydrogens (tertiary/aromatic N) is 1. The van der Waals surface area contributed by atoms with E-state index in [1.807, 2.05) is 0 Å². The molecule has 0 N–H and O–H groups in total. The minimum absolute atomic E-state index is 0.156. The molecule has 2 aromatic rings. The molecule has 3 rings (SSSR count). The first-order valence-electron chi connectivity index (χ1n) is 9.18. The third-order valence-corrected chi connectivity index (χ3v) is 5.23. The van der Waals surface area contributed by atoms with Crippen LogP contribution in [0.25, 0.3) is 0 Å². The molecule has 2 unspecified atom stereocenters. The van der Waals surface area contributed by atoms with Crippen LogP contribution < -0.4 is 0 Å². The molecule has 2 heteroatoms. The van der Waals surface area contributed by atoms with Gasteiger partial charge in [0.25, 0.3) is 0 Å². The Kier molecular flexibility index (Phi) is 6.03. The Morgan fingerprint density at radius 3 is 2.21 bits per heavy atom. The van der Waals surface area contributed by atoms with Crippen molar-refractivity contribution >= 4 is 0 Å². The first-order valence-corrected chi connectivity index (χ1v) is 9.18. The van der Waals surface area contributed by atoms with Crippen LogP contribution in [0.1, 0.15) is 41.9 Å². The molecular formula is C22H28FN. The van der Waals surface area contributed by atoms with Gasteiger partial charge < -0.3 is 4.90 Å². The van der Waals surface area contributed by atoms with Crippen LogP contribution in [0.3, 0.4) is 0 Å². The summed E-state index contributed by atoms with van der Waals surface area (Å²) in [4.78, 5) is 2.41. The van der Waals surface area contributed by atoms with Gasteiger partial charge in [-0.1, -0.05) is 54.6 Å². The molecule has 0 radical (unpaired) electrons. The van der Waals surface area contributed by atoms with E-state index in [0.29, 0.717) is 0 Å². The maximum absolute atomic E-state index is 13.4. The molecule has 2 atom stereocenters. The van der Waals surface area contributed by atoms with Crippen LogP contribution in [-0.2, 0) is 12.8 Å². The van der Waals surface area contributed by atoms with E-state index in [4.69, 9.17) is 0 Å². The Hall–Kier alpha value is -1.67. The lowest BCUT2D eigenvalue weighted by Gasteiger charge is -2.30. The molecule has 0 heterocycles. The third kappa shape index (κ3) is 4.67. The lowest BCUT2D eigenvalue weighted by atomic mass is 9.78. The molecule has 0 aliphatic heterocycles. The molecule has 1 aliphatic rings. The fourth-order valence-electron chi connectivity index (χ4n) is 3.40. The van der Waals surface area contributed by atoms with E-state index in [9.17, 15) is 4.39 Å². The van der Waals surface area contributed by atoms with Crippen molar-refractivity contribution in [3.8, 4) is 0 Å². The number of aryl methyl sites for hydroxylation is 1. The van der Waals surface area contributed by atoms with E-state index in [1.165, 1.54) is 23.1 Å². The summed E-state index contributed by atoms with van der Waals surface area (Å²) in [5, 5.41) is 0. The average molecular weight is 325 g/mol. The number of halogens is 1. The molecule has 1 saturated carbocycles. The van der Waals surface area contributed by atoms with Crippen molar-refractivity contribution in [2.45, 2.75) is 44.2 Å². The Morgan fingerprint density at radius 2 is 1.58 bits per heavy atom. The smallest absolute Gasteiger partial charge is 0.107 e. The van der Waals surface area contributed by atoms with Crippen LogP contribution in [0, 0.1) is 0 Å². The number of alkyl halides is 1. The van der Waals surface area contributed by atoms with Crippen LogP contribution in [0.2, 0.25) is 0 Å². The second-order valence-corrected chi connectivity index (χ2v) is 7.08. The van der Waals surface area contributed by atoms with Crippen molar-refractivity contribution in [1.82, 2.24) is 4.90 Å².